The molecule has 0 saturated carbocycles. The first-order valence-electron chi connectivity index (χ1n) is 6.89. The van der Waals surface area contributed by atoms with E-state index in [2.05, 4.69) is 5.32 Å². The van der Waals surface area contributed by atoms with Crippen molar-refractivity contribution in [3.05, 3.63) is 0 Å². The maximum absolute atomic E-state index is 12.1. The highest BCUT2D eigenvalue weighted by molar-refractivity contribution is 5.83. The zero-order valence-electron chi connectivity index (χ0n) is 12.4. The van der Waals surface area contributed by atoms with Gasteiger partial charge in [0.05, 0.1) is 6.61 Å². The number of amides is 3. The molecule has 0 spiro atoms. The molecule has 0 aromatic rings. The van der Waals surface area contributed by atoms with Crippen LogP contribution in [0.3, 0.4) is 0 Å². The van der Waals surface area contributed by atoms with E-state index >= 15 is 0 Å². The maximum Gasteiger partial charge on any atom is 0.327 e. The Morgan fingerprint density at radius 1 is 1.43 bits per heavy atom. The van der Waals surface area contributed by atoms with Gasteiger partial charge >= 0.3 is 12.0 Å². The van der Waals surface area contributed by atoms with Crippen LogP contribution in [-0.4, -0.2) is 60.3 Å². The first kappa shape index (κ1) is 17.2. The van der Waals surface area contributed by atoms with Crippen LogP contribution in [0.2, 0.25) is 0 Å². The number of carboxylic acids is 1. The average molecular weight is 301 g/mol. The summed E-state index contributed by atoms with van der Waals surface area (Å²) in [6.45, 7) is 4.24. The molecule has 1 rings (SSSR count). The second-order valence-electron chi connectivity index (χ2n) is 5.78. The van der Waals surface area contributed by atoms with Crippen LogP contribution in [0.15, 0.2) is 0 Å². The molecule has 1 heterocycles. The van der Waals surface area contributed by atoms with Crippen LogP contribution >= 0.6 is 0 Å². The van der Waals surface area contributed by atoms with Gasteiger partial charge < -0.3 is 25.8 Å². The maximum atomic E-state index is 12.1. The van der Waals surface area contributed by atoms with Crippen LogP contribution in [0.25, 0.3) is 0 Å². The normalized spacial score (nSPS) is 20.9. The van der Waals surface area contributed by atoms with Crippen molar-refractivity contribution in [1.82, 2.24) is 10.2 Å². The van der Waals surface area contributed by atoms with E-state index in [4.69, 9.17) is 10.5 Å². The Labute approximate surface area is 123 Å². The molecule has 3 amide bonds. The van der Waals surface area contributed by atoms with Gasteiger partial charge in [-0.05, 0) is 18.3 Å². The van der Waals surface area contributed by atoms with Crippen molar-refractivity contribution in [2.45, 2.75) is 32.7 Å². The quantitative estimate of drug-likeness (QED) is 0.585. The van der Waals surface area contributed by atoms with Gasteiger partial charge in [-0.3, -0.25) is 4.79 Å². The molecular formula is C13H23N3O5. The van der Waals surface area contributed by atoms with Crippen molar-refractivity contribution in [2.75, 3.05) is 26.3 Å². The number of carbonyl (C=O) groups is 3. The fourth-order valence-corrected chi connectivity index (χ4v) is 2.58. The van der Waals surface area contributed by atoms with E-state index in [1.165, 1.54) is 4.90 Å². The number of urea groups is 1. The largest absolute Gasteiger partial charge is 0.480 e. The molecule has 120 valence electrons. The highest BCUT2D eigenvalue weighted by Gasteiger charge is 2.44. The summed E-state index contributed by atoms with van der Waals surface area (Å²) in [5.74, 6) is -1.58. The van der Waals surface area contributed by atoms with Gasteiger partial charge in [-0.15, -0.1) is 0 Å². The Morgan fingerprint density at radius 3 is 2.67 bits per heavy atom. The van der Waals surface area contributed by atoms with Gasteiger partial charge in [0.15, 0.2) is 0 Å². The molecule has 1 unspecified atom stereocenters. The lowest BCUT2D eigenvalue weighted by molar-refractivity contribution is -0.148. The van der Waals surface area contributed by atoms with Gasteiger partial charge in [-0.2, -0.15) is 0 Å². The van der Waals surface area contributed by atoms with Gasteiger partial charge in [0, 0.05) is 13.1 Å². The molecule has 0 radical (unpaired) electrons. The lowest BCUT2D eigenvalue weighted by atomic mass is 9.76. The number of ether oxygens (including phenoxy) is 1. The standard InChI is InChI=1S/C13H23N3O5/c1-13(2)4-3-6-16(10(13)11(18)19)12(20)15-5-7-21-8-9(14)17/h10H,3-8H2,1-2H3,(H2,14,17)(H,15,20)(H,18,19). The predicted molar refractivity (Wildman–Crippen MR) is 74.6 cm³/mol. The highest BCUT2D eigenvalue weighted by Crippen LogP contribution is 2.35. The zero-order valence-corrected chi connectivity index (χ0v) is 12.4. The molecule has 1 aliphatic rings. The van der Waals surface area contributed by atoms with Gasteiger partial charge in [0.25, 0.3) is 0 Å². The summed E-state index contributed by atoms with van der Waals surface area (Å²) in [4.78, 5) is 35.4. The molecule has 1 saturated heterocycles. The number of aliphatic carboxylic acids is 1. The number of nitrogens with zero attached hydrogens (tertiary/aromatic N) is 1. The number of piperidine rings is 1. The van der Waals surface area contributed by atoms with Crippen molar-refractivity contribution in [3.63, 3.8) is 0 Å². The van der Waals surface area contributed by atoms with Crippen LogP contribution in [0.1, 0.15) is 26.7 Å². The summed E-state index contributed by atoms with van der Waals surface area (Å²) in [6, 6.07) is -1.28. The van der Waals surface area contributed by atoms with Crippen LogP contribution in [-0.2, 0) is 14.3 Å². The highest BCUT2D eigenvalue weighted by atomic mass is 16.5. The molecule has 0 bridgehead atoms. The lowest BCUT2D eigenvalue weighted by Gasteiger charge is -2.43. The Balaban J connectivity index is 2.51. The number of hydrogen-bond acceptors (Lipinski definition) is 4. The molecule has 8 heteroatoms. The second kappa shape index (κ2) is 7.26. The predicted octanol–water partition coefficient (Wildman–Crippen LogP) is -0.227. The molecule has 0 aromatic carbocycles. The van der Waals surface area contributed by atoms with Crippen molar-refractivity contribution in [2.24, 2.45) is 11.1 Å². The van der Waals surface area contributed by atoms with E-state index in [1.54, 1.807) is 0 Å². The van der Waals surface area contributed by atoms with Crippen LogP contribution in [0, 0.1) is 5.41 Å². The number of nitrogens with one attached hydrogen (secondary N) is 1. The first-order chi connectivity index (χ1) is 9.75. The van der Waals surface area contributed by atoms with E-state index in [-0.39, 0.29) is 19.8 Å². The van der Waals surface area contributed by atoms with E-state index in [0.717, 1.165) is 12.8 Å². The monoisotopic (exact) mass is 301 g/mol. The molecule has 1 atom stereocenters. The number of nitrogens with two attached hydrogens (primary N) is 1. The van der Waals surface area contributed by atoms with Crippen LogP contribution < -0.4 is 11.1 Å². The molecule has 8 nitrogen and oxygen atoms in total. The van der Waals surface area contributed by atoms with E-state index in [0.29, 0.717) is 6.54 Å². The molecule has 1 aliphatic heterocycles. The molecule has 1 fully saturated rings. The molecule has 21 heavy (non-hydrogen) atoms. The minimum Gasteiger partial charge on any atom is -0.480 e. The summed E-state index contributed by atoms with van der Waals surface area (Å²) < 4.78 is 4.92. The van der Waals surface area contributed by atoms with Crippen LogP contribution in [0.4, 0.5) is 4.79 Å². The van der Waals surface area contributed by atoms with Crippen molar-refractivity contribution in [1.29, 1.82) is 0 Å². The van der Waals surface area contributed by atoms with Crippen LogP contribution in [0.5, 0.6) is 0 Å². The Kier molecular flexibility index (Phi) is 5.95. The second-order valence-corrected chi connectivity index (χ2v) is 5.78. The summed E-state index contributed by atoms with van der Waals surface area (Å²) in [6.07, 6.45) is 1.53. The summed E-state index contributed by atoms with van der Waals surface area (Å²) in [5, 5.41) is 12.0. The fraction of sp³-hybridized carbons (Fsp3) is 0.769. The van der Waals surface area contributed by atoms with E-state index in [1.807, 2.05) is 13.8 Å². The number of carbonyl (C=O) groups excluding carboxylic acids is 2. The minimum atomic E-state index is -1.00. The molecular weight excluding hydrogens is 278 g/mol. The van der Waals surface area contributed by atoms with E-state index < -0.39 is 29.4 Å². The topological polar surface area (TPSA) is 122 Å². The third-order valence-electron chi connectivity index (χ3n) is 3.53. The van der Waals surface area contributed by atoms with Crippen molar-refractivity contribution >= 4 is 17.9 Å². The fourth-order valence-electron chi connectivity index (χ4n) is 2.58. The summed E-state index contributed by atoms with van der Waals surface area (Å²) in [5.41, 5.74) is 4.44. The number of carboxylic acid groups (broad SMARTS) is 1. The van der Waals surface area contributed by atoms with Gasteiger partial charge in [-0.25, -0.2) is 9.59 Å². The molecule has 0 aromatic heterocycles. The number of hydrogen-bond donors (Lipinski definition) is 3. The van der Waals surface area contributed by atoms with E-state index in [9.17, 15) is 19.5 Å². The Hall–Kier alpha value is -1.83. The molecule has 4 N–H and O–H groups in total. The zero-order chi connectivity index (χ0) is 16.0. The third-order valence-corrected chi connectivity index (χ3v) is 3.53. The Morgan fingerprint density at radius 2 is 2.10 bits per heavy atom. The van der Waals surface area contributed by atoms with Crippen molar-refractivity contribution < 1.29 is 24.2 Å². The summed E-state index contributed by atoms with van der Waals surface area (Å²) in [7, 11) is 0. The van der Waals surface area contributed by atoms with Gasteiger partial charge in [0.2, 0.25) is 5.91 Å². The van der Waals surface area contributed by atoms with Crippen molar-refractivity contribution in [3.8, 4) is 0 Å². The molecule has 0 aliphatic carbocycles. The third kappa shape index (κ3) is 4.89. The number of primary amides is 1. The van der Waals surface area contributed by atoms with Gasteiger partial charge in [0.1, 0.15) is 12.6 Å². The number of rotatable bonds is 6. The summed E-state index contributed by atoms with van der Waals surface area (Å²) >= 11 is 0. The SMILES string of the molecule is CC1(C)CCCN(C(=O)NCCOCC(N)=O)C1C(=O)O. The lowest BCUT2D eigenvalue weighted by Crippen LogP contribution is -2.58. The number of likely N-dealkylation sites (tertiary alicyclic amines) is 1. The minimum absolute atomic E-state index is 0.143. The van der Waals surface area contributed by atoms with Gasteiger partial charge in [-0.1, -0.05) is 13.8 Å². The first-order valence-corrected chi connectivity index (χ1v) is 6.89. The smallest absolute Gasteiger partial charge is 0.327 e. The average Bonchev–Trinajstić information content (AvgIpc) is 2.35. The Bertz CT molecular complexity index is 411.